The fourth-order valence-electron chi connectivity index (χ4n) is 1.95. The van der Waals surface area contributed by atoms with Gasteiger partial charge in [0.05, 0.1) is 5.92 Å². The second kappa shape index (κ2) is 5.73. The van der Waals surface area contributed by atoms with Crippen molar-refractivity contribution in [2.45, 2.75) is 12.3 Å². The molecule has 18 heavy (non-hydrogen) atoms. The van der Waals surface area contributed by atoms with E-state index in [0.717, 1.165) is 0 Å². The van der Waals surface area contributed by atoms with Crippen molar-refractivity contribution < 1.29 is 24.1 Å². The standard InChI is InChI=1S/C13H16O5/c1-16-5-4-10(13(14)15)9-2-3-11-12(8-9)18-7-6-17-11/h2-3,8,10H,4-7H2,1H3,(H,14,15). The summed E-state index contributed by atoms with van der Waals surface area (Å²) in [5.74, 6) is -0.159. The summed E-state index contributed by atoms with van der Waals surface area (Å²) in [5.41, 5.74) is 0.712. The summed E-state index contributed by atoms with van der Waals surface area (Å²) in [6.07, 6.45) is 0.436. The summed E-state index contributed by atoms with van der Waals surface area (Å²) in [4.78, 5) is 11.2. The van der Waals surface area contributed by atoms with Crippen LogP contribution in [-0.4, -0.2) is 38.0 Å². The van der Waals surface area contributed by atoms with Crippen molar-refractivity contribution >= 4 is 5.97 Å². The van der Waals surface area contributed by atoms with Crippen LogP contribution >= 0.6 is 0 Å². The van der Waals surface area contributed by atoms with Gasteiger partial charge >= 0.3 is 5.97 Å². The van der Waals surface area contributed by atoms with Gasteiger partial charge in [-0.25, -0.2) is 0 Å². The Morgan fingerprint density at radius 2 is 2.11 bits per heavy atom. The summed E-state index contributed by atoms with van der Waals surface area (Å²) in [5, 5.41) is 9.23. The summed E-state index contributed by atoms with van der Waals surface area (Å²) in [6.45, 7) is 1.43. The summed E-state index contributed by atoms with van der Waals surface area (Å²) in [6, 6.07) is 5.26. The Labute approximate surface area is 105 Å². The number of fused-ring (bicyclic) bond motifs is 1. The van der Waals surface area contributed by atoms with Crippen molar-refractivity contribution in [3.63, 3.8) is 0 Å². The lowest BCUT2D eigenvalue weighted by Gasteiger charge is -2.20. The number of methoxy groups -OCH3 is 1. The largest absolute Gasteiger partial charge is 0.486 e. The highest BCUT2D eigenvalue weighted by molar-refractivity contribution is 5.76. The minimum absolute atomic E-state index is 0.408. The molecule has 0 amide bonds. The molecular weight excluding hydrogens is 236 g/mol. The number of aliphatic carboxylic acids is 1. The van der Waals surface area contributed by atoms with Gasteiger partial charge in [-0.15, -0.1) is 0 Å². The van der Waals surface area contributed by atoms with E-state index in [1.807, 2.05) is 0 Å². The van der Waals surface area contributed by atoms with Crippen LogP contribution in [0.5, 0.6) is 11.5 Å². The maximum Gasteiger partial charge on any atom is 0.311 e. The van der Waals surface area contributed by atoms with Crippen LogP contribution in [0.15, 0.2) is 18.2 Å². The Hall–Kier alpha value is -1.75. The number of hydrogen-bond donors (Lipinski definition) is 1. The molecular formula is C13H16O5. The smallest absolute Gasteiger partial charge is 0.311 e. The van der Waals surface area contributed by atoms with E-state index in [0.29, 0.717) is 43.3 Å². The molecule has 1 aromatic carbocycles. The van der Waals surface area contributed by atoms with Crippen LogP contribution in [0.4, 0.5) is 0 Å². The van der Waals surface area contributed by atoms with E-state index in [1.165, 1.54) is 0 Å². The van der Waals surface area contributed by atoms with Crippen LogP contribution in [0.25, 0.3) is 0 Å². The molecule has 1 aliphatic rings. The molecule has 0 bridgehead atoms. The molecule has 0 aliphatic carbocycles. The third kappa shape index (κ3) is 2.73. The number of carboxylic acids is 1. The summed E-state index contributed by atoms with van der Waals surface area (Å²) < 4.78 is 15.8. The van der Waals surface area contributed by atoms with Crippen molar-refractivity contribution in [2.24, 2.45) is 0 Å². The molecule has 0 spiro atoms. The number of hydrogen-bond acceptors (Lipinski definition) is 4. The zero-order valence-electron chi connectivity index (χ0n) is 10.2. The Morgan fingerprint density at radius 3 is 2.78 bits per heavy atom. The zero-order valence-corrected chi connectivity index (χ0v) is 10.2. The first kappa shape index (κ1) is 12.7. The highest BCUT2D eigenvalue weighted by Crippen LogP contribution is 2.34. The SMILES string of the molecule is COCCC(C(=O)O)c1ccc2c(c1)OCCO2. The van der Waals surface area contributed by atoms with Crippen LogP contribution in [0, 0.1) is 0 Å². The molecule has 0 aromatic heterocycles. The van der Waals surface area contributed by atoms with E-state index >= 15 is 0 Å². The van der Waals surface area contributed by atoms with Crippen LogP contribution < -0.4 is 9.47 Å². The summed E-state index contributed by atoms with van der Waals surface area (Å²) in [7, 11) is 1.56. The van der Waals surface area contributed by atoms with Gasteiger partial charge in [-0.05, 0) is 24.1 Å². The summed E-state index contributed by atoms with van der Waals surface area (Å²) >= 11 is 0. The number of ether oxygens (including phenoxy) is 3. The van der Waals surface area contributed by atoms with Crippen molar-refractivity contribution in [3.8, 4) is 11.5 Å². The van der Waals surface area contributed by atoms with Gasteiger partial charge < -0.3 is 19.3 Å². The average molecular weight is 252 g/mol. The lowest BCUT2D eigenvalue weighted by Crippen LogP contribution is -2.17. The third-order valence-corrected chi connectivity index (χ3v) is 2.88. The van der Waals surface area contributed by atoms with Crippen molar-refractivity contribution in [1.82, 2.24) is 0 Å². The van der Waals surface area contributed by atoms with E-state index in [9.17, 15) is 9.90 Å². The lowest BCUT2D eigenvalue weighted by atomic mass is 9.96. The zero-order chi connectivity index (χ0) is 13.0. The van der Waals surface area contributed by atoms with E-state index < -0.39 is 11.9 Å². The monoisotopic (exact) mass is 252 g/mol. The number of benzene rings is 1. The molecule has 0 saturated carbocycles. The molecule has 1 N–H and O–H groups in total. The van der Waals surface area contributed by atoms with Crippen LogP contribution in [0.1, 0.15) is 17.9 Å². The molecule has 2 rings (SSSR count). The molecule has 1 heterocycles. The fourth-order valence-corrected chi connectivity index (χ4v) is 1.95. The number of carbonyl (C=O) groups is 1. The fraction of sp³-hybridized carbons (Fsp3) is 0.462. The van der Waals surface area contributed by atoms with Crippen LogP contribution in [0.3, 0.4) is 0 Å². The van der Waals surface area contributed by atoms with Gasteiger partial charge in [0.1, 0.15) is 13.2 Å². The van der Waals surface area contributed by atoms with Gasteiger partial charge in [0, 0.05) is 13.7 Å². The molecule has 0 saturated heterocycles. The van der Waals surface area contributed by atoms with Gasteiger partial charge in [0.15, 0.2) is 11.5 Å². The first-order valence-corrected chi connectivity index (χ1v) is 5.83. The van der Waals surface area contributed by atoms with E-state index in [1.54, 1.807) is 25.3 Å². The predicted octanol–water partition coefficient (Wildman–Crippen LogP) is 1.66. The molecule has 1 atom stereocenters. The van der Waals surface area contributed by atoms with E-state index in [4.69, 9.17) is 14.2 Å². The first-order chi connectivity index (χ1) is 8.72. The second-order valence-corrected chi connectivity index (χ2v) is 4.08. The van der Waals surface area contributed by atoms with Crippen molar-refractivity contribution in [3.05, 3.63) is 23.8 Å². The topological polar surface area (TPSA) is 65.0 Å². The Morgan fingerprint density at radius 1 is 1.39 bits per heavy atom. The molecule has 1 unspecified atom stereocenters. The number of rotatable bonds is 5. The quantitative estimate of drug-likeness (QED) is 0.863. The molecule has 5 nitrogen and oxygen atoms in total. The van der Waals surface area contributed by atoms with Crippen LogP contribution in [0.2, 0.25) is 0 Å². The second-order valence-electron chi connectivity index (χ2n) is 4.08. The third-order valence-electron chi connectivity index (χ3n) is 2.88. The van der Waals surface area contributed by atoms with Gasteiger partial charge in [-0.2, -0.15) is 0 Å². The highest BCUT2D eigenvalue weighted by Gasteiger charge is 2.22. The minimum atomic E-state index is -0.858. The molecule has 1 aromatic rings. The Kier molecular flexibility index (Phi) is 4.04. The lowest BCUT2D eigenvalue weighted by molar-refractivity contribution is -0.139. The van der Waals surface area contributed by atoms with Crippen molar-refractivity contribution in [1.29, 1.82) is 0 Å². The Bertz CT molecular complexity index is 429. The highest BCUT2D eigenvalue weighted by atomic mass is 16.6. The van der Waals surface area contributed by atoms with Gasteiger partial charge in [0.2, 0.25) is 0 Å². The van der Waals surface area contributed by atoms with Crippen molar-refractivity contribution in [2.75, 3.05) is 26.9 Å². The van der Waals surface area contributed by atoms with Gasteiger partial charge in [-0.1, -0.05) is 6.07 Å². The van der Waals surface area contributed by atoms with Gasteiger partial charge in [-0.3, -0.25) is 4.79 Å². The minimum Gasteiger partial charge on any atom is -0.486 e. The Balaban J connectivity index is 2.22. The predicted molar refractivity (Wildman–Crippen MR) is 64.3 cm³/mol. The van der Waals surface area contributed by atoms with Crippen LogP contribution in [-0.2, 0) is 9.53 Å². The van der Waals surface area contributed by atoms with E-state index in [2.05, 4.69) is 0 Å². The van der Waals surface area contributed by atoms with Gasteiger partial charge in [0.25, 0.3) is 0 Å². The molecule has 0 radical (unpaired) electrons. The maximum atomic E-state index is 11.2. The normalized spacial score (nSPS) is 15.2. The average Bonchev–Trinajstić information content (AvgIpc) is 2.38. The molecule has 5 heteroatoms. The maximum absolute atomic E-state index is 11.2. The first-order valence-electron chi connectivity index (χ1n) is 5.83. The molecule has 1 aliphatic heterocycles. The molecule has 98 valence electrons. The molecule has 0 fully saturated rings. The number of carboxylic acid groups (broad SMARTS) is 1. The van der Waals surface area contributed by atoms with E-state index in [-0.39, 0.29) is 0 Å².